The molecule has 0 aliphatic carbocycles. The van der Waals surface area contributed by atoms with E-state index >= 15 is 0 Å². The fourth-order valence-corrected chi connectivity index (χ4v) is 1.33. The summed E-state index contributed by atoms with van der Waals surface area (Å²) < 4.78 is 12.4. The van der Waals surface area contributed by atoms with E-state index in [4.69, 9.17) is 5.73 Å². The lowest BCUT2D eigenvalue weighted by molar-refractivity contribution is 0.586. The molecule has 1 atom stereocenters. The Morgan fingerprint density at radius 3 is 3.00 bits per heavy atom. The smallest absolute Gasteiger partial charge is 0.210 e. The first-order valence-corrected chi connectivity index (χ1v) is 4.50. The fourth-order valence-electron chi connectivity index (χ4n) is 0.796. The van der Waals surface area contributed by atoms with E-state index < -0.39 is 5.95 Å². The Labute approximate surface area is 68.6 Å². The van der Waals surface area contributed by atoms with Gasteiger partial charge in [-0.2, -0.15) is 16.2 Å². The summed E-state index contributed by atoms with van der Waals surface area (Å²) in [6.45, 7) is 0.466. The molecule has 0 bridgehead atoms. The van der Waals surface area contributed by atoms with Crippen LogP contribution >= 0.6 is 11.8 Å². The number of aromatic amines is 1. The minimum atomic E-state index is -0.410. The molecule has 0 aromatic carbocycles. The predicted octanol–water partition coefficient (Wildman–Crippen LogP) is 0.912. The van der Waals surface area contributed by atoms with Gasteiger partial charge in [0, 0.05) is 6.54 Å². The van der Waals surface area contributed by atoms with Gasteiger partial charge >= 0.3 is 0 Å². The molecule has 3 N–H and O–H groups in total. The number of halogens is 1. The van der Waals surface area contributed by atoms with Crippen molar-refractivity contribution < 1.29 is 4.39 Å². The van der Waals surface area contributed by atoms with Crippen molar-refractivity contribution in [1.82, 2.24) is 9.97 Å². The minimum Gasteiger partial charge on any atom is -0.329 e. The topological polar surface area (TPSA) is 54.7 Å². The summed E-state index contributed by atoms with van der Waals surface area (Å²) in [5.74, 6) is 0.199. The van der Waals surface area contributed by atoms with Crippen molar-refractivity contribution in [3.05, 3.63) is 18.0 Å². The van der Waals surface area contributed by atoms with Gasteiger partial charge in [0.15, 0.2) is 0 Å². The Morgan fingerprint density at radius 1 is 1.91 bits per heavy atom. The van der Waals surface area contributed by atoms with Crippen LogP contribution in [-0.4, -0.2) is 22.8 Å². The number of thioether (sulfide) groups is 1. The van der Waals surface area contributed by atoms with Gasteiger partial charge in [0.2, 0.25) is 5.95 Å². The van der Waals surface area contributed by atoms with E-state index in [-0.39, 0.29) is 5.25 Å². The molecule has 0 aliphatic rings. The molecular formula is C6H10FN3S. The molecule has 0 aliphatic heterocycles. The van der Waals surface area contributed by atoms with Crippen molar-refractivity contribution in [2.45, 2.75) is 5.25 Å². The molecule has 1 rings (SSSR count). The van der Waals surface area contributed by atoms with E-state index in [9.17, 15) is 4.39 Å². The zero-order chi connectivity index (χ0) is 8.27. The van der Waals surface area contributed by atoms with Crippen molar-refractivity contribution in [2.24, 2.45) is 5.73 Å². The van der Waals surface area contributed by atoms with E-state index in [0.717, 1.165) is 6.20 Å². The molecule has 0 spiro atoms. The van der Waals surface area contributed by atoms with Gasteiger partial charge in [0.25, 0.3) is 0 Å². The second-order valence-electron chi connectivity index (χ2n) is 2.08. The third kappa shape index (κ3) is 1.94. The maximum atomic E-state index is 12.4. The first-order chi connectivity index (χ1) is 5.27. The Morgan fingerprint density at radius 2 is 2.64 bits per heavy atom. The number of H-pyrrole nitrogens is 1. The largest absolute Gasteiger partial charge is 0.329 e. The van der Waals surface area contributed by atoms with Gasteiger partial charge in [-0.1, -0.05) is 0 Å². The molecule has 11 heavy (non-hydrogen) atoms. The third-order valence-electron chi connectivity index (χ3n) is 1.37. The van der Waals surface area contributed by atoms with Crippen LogP contribution in [-0.2, 0) is 0 Å². The molecule has 62 valence electrons. The van der Waals surface area contributed by atoms with Crippen LogP contribution in [0, 0.1) is 5.95 Å². The summed E-state index contributed by atoms with van der Waals surface area (Å²) >= 11 is 1.55. The minimum absolute atomic E-state index is 0.0690. The van der Waals surface area contributed by atoms with Gasteiger partial charge in [0.05, 0.1) is 11.4 Å². The van der Waals surface area contributed by atoms with Crippen molar-refractivity contribution in [3.8, 4) is 0 Å². The summed E-state index contributed by atoms with van der Waals surface area (Å²) in [7, 11) is 0. The lowest BCUT2D eigenvalue weighted by Crippen LogP contribution is -2.10. The van der Waals surface area contributed by atoms with Crippen molar-refractivity contribution in [1.29, 1.82) is 0 Å². The summed E-state index contributed by atoms with van der Waals surface area (Å²) in [6, 6.07) is 0. The molecule has 1 aromatic heterocycles. The lowest BCUT2D eigenvalue weighted by Gasteiger charge is -2.06. The molecular weight excluding hydrogens is 165 g/mol. The van der Waals surface area contributed by atoms with Gasteiger partial charge in [0.1, 0.15) is 5.82 Å². The van der Waals surface area contributed by atoms with Crippen LogP contribution in [0.1, 0.15) is 11.1 Å². The standard InChI is InChI=1S/C6H10FN3S/c1-11-4(2-8)6-9-3-5(7)10-6/h3-4H,2,8H2,1H3,(H,9,10). The van der Waals surface area contributed by atoms with Crippen LogP contribution < -0.4 is 5.73 Å². The highest BCUT2D eigenvalue weighted by molar-refractivity contribution is 7.98. The number of imidazole rings is 1. The monoisotopic (exact) mass is 175 g/mol. The van der Waals surface area contributed by atoms with Crippen LogP contribution in [0.5, 0.6) is 0 Å². The summed E-state index contributed by atoms with van der Waals surface area (Å²) in [6.07, 6.45) is 3.08. The van der Waals surface area contributed by atoms with Gasteiger partial charge in [-0.15, -0.1) is 0 Å². The SMILES string of the molecule is CSC(CN)c1ncc(F)[nH]1. The molecule has 0 fully saturated rings. The number of nitrogens with two attached hydrogens (primary N) is 1. The molecule has 5 heteroatoms. The van der Waals surface area contributed by atoms with E-state index in [1.54, 1.807) is 11.8 Å². The lowest BCUT2D eigenvalue weighted by atomic mass is 10.4. The number of rotatable bonds is 3. The Hall–Kier alpha value is -0.550. The first kappa shape index (κ1) is 8.55. The van der Waals surface area contributed by atoms with Crippen LogP contribution in [0.4, 0.5) is 4.39 Å². The molecule has 3 nitrogen and oxygen atoms in total. The van der Waals surface area contributed by atoms with Crippen LogP contribution in [0.3, 0.4) is 0 Å². The van der Waals surface area contributed by atoms with E-state index in [0.29, 0.717) is 12.4 Å². The van der Waals surface area contributed by atoms with Gasteiger partial charge in [-0.3, -0.25) is 0 Å². The highest BCUT2D eigenvalue weighted by Gasteiger charge is 2.10. The normalized spacial score (nSPS) is 13.4. The predicted molar refractivity (Wildman–Crippen MR) is 43.9 cm³/mol. The average Bonchev–Trinajstić information content (AvgIpc) is 2.39. The maximum Gasteiger partial charge on any atom is 0.210 e. The van der Waals surface area contributed by atoms with Crippen molar-refractivity contribution in [2.75, 3.05) is 12.8 Å². The molecule has 1 aromatic rings. The number of nitrogens with zero attached hydrogens (tertiary/aromatic N) is 1. The van der Waals surface area contributed by atoms with Gasteiger partial charge < -0.3 is 10.7 Å². The zero-order valence-corrected chi connectivity index (χ0v) is 6.99. The molecule has 0 amide bonds. The first-order valence-electron chi connectivity index (χ1n) is 3.21. The molecule has 0 radical (unpaired) electrons. The number of nitrogens with one attached hydrogen (secondary N) is 1. The van der Waals surface area contributed by atoms with Crippen LogP contribution in [0.15, 0.2) is 6.20 Å². The van der Waals surface area contributed by atoms with Crippen LogP contribution in [0.25, 0.3) is 0 Å². The Kier molecular flexibility index (Phi) is 2.90. The molecule has 1 unspecified atom stereocenters. The average molecular weight is 175 g/mol. The second kappa shape index (κ2) is 3.73. The number of hydrogen-bond donors (Lipinski definition) is 2. The molecule has 0 saturated carbocycles. The molecule has 1 heterocycles. The Bertz CT molecular complexity index is 221. The highest BCUT2D eigenvalue weighted by Crippen LogP contribution is 2.21. The van der Waals surface area contributed by atoms with Crippen molar-refractivity contribution >= 4 is 11.8 Å². The van der Waals surface area contributed by atoms with E-state index in [1.165, 1.54) is 0 Å². The van der Waals surface area contributed by atoms with Gasteiger partial charge in [-0.25, -0.2) is 4.98 Å². The Balaban J connectivity index is 2.73. The quantitative estimate of drug-likeness (QED) is 0.718. The van der Waals surface area contributed by atoms with E-state index in [2.05, 4.69) is 9.97 Å². The summed E-state index contributed by atoms with van der Waals surface area (Å²) in [5.41, 5.74) is 5.42. The third-order valence-corrected chi connectivity index (χ3v) is 2.35. The summed E-state index contributed by atoms with van der Waals surface area (Å²) in [5, 5.41) is 0.0690. The number of aromatic nitrogens is 2. The number of hydrogen-bond acceptors (Lipinski definition) is 3. The van der Waals surface area contributed by atoms with E-state index in [1.807, 2.05) is 6.26 Å². The zero-order valence-electron chi connectivity index (χ0n) is 6.17. The molecule has 0 saturated heterocycles. The van der Waals surface area contributed by atoms with Gasteiger partial charge in [-0.05, 0) is 6.26 Å². The summed E-state index contributed by atoms with van der Waals surface area (Å²) in [4.78, 5) is 6.33. The fraction of sp³-hybridized carbons (Fsp3) is 0.500. The van der Waals surface area contributed by atoms with Crippen LogP contribution in [0.2, 0.25) is 0 Å². The van der Waals surface area contributed by atoms with Crippen molar-refractivity contribution in [3.63, 3.8) is 0 Å². The second-order valence-corrected chi connectivity index (χ2v) is 3.12. The highest BCUT2D eigenvalue weighted by atomic mass is 32.2. The maximum absolute atomic E-state index is 12.4.